The van der Waals surface area contributed by atoms with Gasteiger partial charge in [0.2, 0.25) is 0 Å². The number of amides is 1. The second-order valence-electron chi connectivity index (χ2n) is 7.04. The van der Waals surface area contributed by atoms with Gasteiger partial charge in [0.05, 0.1) is 13.7 Å². The molecule has 1 heterocycles. The predicted octanol–water partition coefficient (Wildman–Crippen LogP) is 2.47. The Bertz CT molecular complexity index is 884. The van der Waals surface area contributed by atoms with E-state index < -0.39 is 17.4 Å². The number of aromatic nitrogens is 2. The zero-order valence-corrected chi connectivity index (χ0v) is 19.1. The van der Waals surface area contributed by atoms with Crippen LogP contribution in [0.4, 0.5) is 4.79 Å². The molecule has 0 unspecified atom stereocenters. The quantitative estimate of drug-likeness (QED) is 0.673. The van der Waals surface area contributed by atoms with E-state index in [0.717, 1.165) is 15.7 Å². The van der Waals surface area contributed by atoms with Crippen LogP contribution < -0.4 is 16.6 Å². The molecule has 9 heteroatoms. The molecule has 0 radical (unpaired) electrons. The van der Waals surface area contributed by atoms with Gasteiger partial charge in [-0.1, -0.05) is 38.1 Å². The maximum Gasteiger partial charge on any atom is 0.407 e. The van der Waals surface area contributed by atoms with Gasteiger partial charge in [-0.05, 0) is 38.3 Å². The molecule has 0 aliphatic rings. The lowest BCUT2D eigenvalue weighted by molar-refractivity contribution is -0.126. The highest BCUT2D eigenvalue weighted by atomic mass is 16.6. The average molecular weight is 436 g/mol. The van der Waals surface area contributed by atoms with Crippen LogP contribution in [0.5, 0.6) is 0 Å². The summed E-state index contributed by atoms with van der Waals surface area (Å²) < 4.78 is 10.2. The Morgan fingerprint density at radius 3 is 2.32 bits per heavy atom. The number of carbonyl (C=O) groups is 2. The molecule has 1 aromatic heterocycles. The van der Waals surface area contributed by atoms with E-state index in [0.29, 0.717) is 19.4 Å². The molecule has 2 N–H and O–H groups in total. The fourth-order valence-electron chi connectivity index (χ4n) is 2.29. The van der Waals surface area contributed by atoms with Gasteiger partial charge < -0.3 is 19.8 Å². The number of hydrogen-bond donors (Lipinski definition) is 2. The Morgan fingerprint density at radius 1 is 1.16 bits per heavy atom. The minimum Gasteiger partial charge on any atom is -0.471 e. The third-order valence-corrected chi connectivity index (χ3v) is 3.45. The smallest absolute Gasteiger partial charge is 0.407 e. The van der Waals surface area contributed by atoms with Crippen molar-refractivity contribution in [1.82, 2.24) is 14.9 Å². The zero-order valence-electron chi connectivity index (χ0n) is 19.1. The molecule has 0 fully saturated rings. The number of nitrogens with zero attached hydrogens (tertiary/aromatic N) is 1. The highest BCUT2D eigenvalue weighted by molar-refractivity contribution is 5.67. The standard InChI is InChI=1S/C18H23N3O4.C2H4O2.C2H6/c1-18(2,3)25-17(24)20-9-7-13-5-4-6-14(11-13)12-21-15(22)8-10-19-16(21)23;1-4-2-3;1-2/h4-6,8,10-11H,7,9,12H2,1-3H3,(H,19,23)(H,20,24);2H,1H3;1-2H3. The monoisotopic (exact) mass is 435 g/mol. The van der Waals surface area contributed by atoms with Crippen molar-refractivity contribution in [3.63, 3.8) is 0 Å². The fourth-order valence-corrected chi connectivity index (χ4v) is 2.29. The Kier molecular flexibility index (Phi) is 13.0. The number of ether oxygens (including phenoxy) is 2. The van der Waals surface area contributed by atoms with Crippen LogP contribution >= 0.6 is 0 Å². The van der Waals surface area contributed by atoms with Crippen LogP contribution in [0, 0.1) is 0 Å². The molecule has 0 atom stereocenters. The summed E-state index contributed by atoms with van der Waals surface area (Å²) in [5, 5.41) is 2.70. The Labute approximate surface area is 182 Å². The lowest BCUT2D eigenvalue weighted by Crippen LogP contribution is -2.34. The lowest BCUT2D eigenvalue weighted by Gasteiger charge is -2.19. The first-order chi connectivity index (χ1) is 14.7. The van der Waals surface area contributed by atoms with Crippen molar-refractivity contribution >= 4 is 12.6 Å². The maximum atomic E-state index is 11.8. The number of hydrogen-bond acceptors (Lipinski definition) is 6. The Balaban J connectivity index is 0.00000134. The van der Waals surface area contributed by atoms with Crippen molar-refractivity contribution in [1.29, 1.82) is 0 Å². The van der Waals surface area contributed by atoms with Gasteiger partial charge in [-0.3, -0.25) is 14.2 Å². The number of rotatable bonds is 6. The fraction of sp³-hybridized carbons (Fsp3) is 0.455. The summed E-state index contributed by atoms with van der Waals surface area (Å²) in [5.41, 5.74) is 0.521. The molecule has 0 saturated heterocycles. The first kappa shape index (κ1) is 27.6. The van der Waals surface area contributed by atoms with Gasteiger partial charge in [0, 0.05) is 18.8 Å². The van der Waals surface area contributed by atoms with Crippen molar-refractivity contribution in [2.24, 2.45) is 0 Å². The molecule has 0 saturated carbocycles. The predicted molar refractivity (Wildman–Crippen MR) is 119 cm³/mol. The van der Waals surface area contributed by atoms with Crippen molar-refractivity contribution in [2.75, 3.05) is 13.7 Å². The molecule has 2 aromatic rings. The Morgan fingerprint density at radius 2 is 1.77 bits per heavy atom. The first-order valence-corrected chi connectivity index (χ1v) is 9.96. The topological polar surface area (TPSA) is 119 Å². The SMILES string of the molecule is CC.CC(C)(C)OC(=O)NCCc1cccc(Cn2c(=O)cc[nH]c2=O)c1.COC=O. The molecule has 0 bridgehead atoms. The van der Waals surface area contributed by atoms with Crippen molar-refractivity contribution in [3.8, 4) is 0 Å². The molecular weight excluding hydrogens is 402 g/mol. The molecule has 1 aromatic carbocycles. The minimum absolute atomic E-state index is 0.197. The second-order valence-corrected chi connectivity index (χ2v) is 7.04. The van der Waals surface area contributed by atoms with Gasteiger partial charge >= 0.3 is 11.8 Å². The van der Waals surface area contributed by atoms with Gasteiger partial charge in [0.15, 0.2) is 0 Å². The molecule has 31 heavy (non-hydrogen) atoms. The normalized spacial score (nSPS) is 9.87. The molecular formula is C22H33N3O6. The molecule has 0 aliphatic carbocycles. The summed E-state index contributed by atoms with van der Waals surface area (Å²) >= 11 is 0. The summed E-state index contributed by atoms with van der Waals surface area (Å²) in [7, 11) is 1.31. The van der Waals surface area contributed by atoms with Crippen molar-refractivity contribution < 1.29 is 19.1 Å². The molecule has 0 spiro atoms. The van der Waals surface area contributed by atoms with Crippen LogP contribution in [0.1, 0.15) is 45.7 Å². The summed E-state index contributed by atoms with van der Waals surface area (Å²) in [4.78, 5) is 46.6. The van der Waals surface area contributed by atoms with Gasteiger partial charge in [-0.25, -0.2) is 9.59 Å². The van der Waals surface area contributed by atoms with Gasteiger partial charge in [0.1, 0.15) is 5.60 Å². The van der Waals surface area contributed by atoms with Gasteiger partial charge in [-0.15, -0.1) is 0 Å². The Hall–Kier alpha value is -3.36. The number of aromatic amines is 1. The van der Waals surface area contributed by atoms with Crippen LogP contribution in [-0.2, 0) is 27.2 Å². The average Bonchev–Trinajstić information content (AvgIpc) is 2.71. The largest absolute Gasteiger partial charge is 0.471 e. The number of benzene rings is 1. The van der Waals surface area contributed by atoms with E-state index in [-0.39, 0.29) is 12.1 Å². The summed E-state index contributed by atoms with van der Waals surface area (Å²) in [6.45, 7) is 10.4. The summed E-state index contributed by atoms with van der Waals surface area (Å²) in [6.07, 6.45) is 1.50. The van der Waals surface area contributed by atoms with Gasteiger partial charge in [0.25, 0.3) is 12.0 Å². The third-order valence-electron chi connectivity index (χ3n) is 3.45. The van der Waals surface area contributed by atoms with E-state index in [1.807, 2.05) is 58.9 Å². The highest BCUT2D eigenvalue weighted by Gasteiger charge is 2.15. The van der Waals surface area contributed by atoms with E-state index in [4.69, 9.17) is 9.53 Å². The summed E-state index contributed by atoms with van der Waals surface area (Å²) in [5.74, 6) is 0. The number of nitrogens with one attached hydrogen (secondary N) is 2. The number of carbonyl (C=O) groups excluding carboxylic acids is 2. The van der Waals surface area contributed by atoms with Crippen LogP contribution in [0.25, 0.3) is 0 Å². The van der Waals surface area contributed by atoms with E-state index >= 15 is 0 Å². The van der Waals surface area contributed by atoms with Crippen LogP contribution in [-0.4, -0.2) is 41.4 Å². The van der Waals surface area contributed by atoms with Gasteiger partial charge in [-0.2, -0.15) is 0 Å². The van der Waals surface area contributed by atoms with E-state index in [2.05, 4.69) is 15.0 Å². The molecule has 0 aliphatic heterocycles. The lowest BCUT2D eigenvalue weighted by atomic mass is 10.1. The van der Waals surface area contributed by atoms with E-state index in [1.165, 1.54) is 19.4 Å². The molecule has 172 valence electrons. The number of H-pyrrole nitrogens is 1. The second kappa shape index (κ2) is 14.6. The minimum atomic E-state index is -0.528. The van der Waals surface area contributed by atoms with Crippen LogP contribution in [0.3, 0.4) is 0 Å². The number of alkyl carbamates (subject to hydrolysis) is 1. The first-order valence-electron chi connectivity index (χ1n) is 9.96. The van der Waals surface area contributed by atoms with Crippen LogP contribution in [0.2, 0.25) is 0 Å². The van der Waals surface area contributed by atoms with E-state index in [9.17, 15) is 14.4 Å². The third kappa shape index (κ3) is 12.0. The number of methoxy groups -OCH3 is 1. The highest BCUT2D eigenvalue weighted by Crippen LogP contribution is 2.08. The maximum absolute atomic E-state index is 11.8. The summed E-state index contributed by atoms with van der Waals surface area (Å²) in [6, 6.07) is 8.87. The van der Waals surface area contributed by atoms with Crippen molar-refractivity contribution in [3.05, 3.63) is 68.5 Å². The van der Waals surface area contributed by atoms with Crippen LogP contribution in [0.15, 0.2) is 46.1 Å². The molecule has 2 rings (SSSR count). The zero-order chi connectivity index (χ0) is 23.9. The van der Waals surface area contributed by atoms with E-state index in [1.54, 1.807) is 0 Å². The van der Waals surface area contributed by atoms with Crippen molar-refractivity contribution in [2.45, 2.75) is 53.2 Å². The molecule has 1 amide bonds. The molecule has 9 nitrogen and oxygen atoms in total.